The van der Waals surface area contributed by atoms with Gasteiger partial charge in [0.2, 0.25) is 0 Å². The molecule has 14 heteroatoms. The number of hydrogen-bond acceptors (Lipinski definition) is 9. The van der Waals surface area contributed by atoms with Gasteiger partial charge in [-0.3, -0.25) is 9.59 Å². The fourth-order valence-electron chi connectivity index (χ4n) is 2.02. The highest BCUT2D eigenvalue weighted by Crippen LogP contribution is 2.26. The average Bonchev–Trinajstić information content (AvgIpc) is 3.02. The van der Waals surface area contributed by atoms with E-state index in [4.69, 9.17) is 9.90 Å². The number of nitrogens with zero attached hydrogens (tertiary/aromatic N) is 4. The number of carboxylic acids is 1. The SMILES string of the molecule is COC(=O)Cn1nnnc1/C=C1\CNCCC1SC(C)=O.O=C(O)C(F)(F)F. The van der Waals surface area contributed by atoms with Crippen molar-refractivity contribution in [1.82, 2.24) is 25.5 Å². The number of esters is 1. The quantitative estimate of drug-likeness (QED) is 0.656. The van der Waals surface area contributed by atoms with Crippen molar-refractivity contribution < 1.29 is 37.4 Å². The molecule has 0 amide bonds. The van der Waals surface area contributed by atoms with Crippen LogP contribution in [0.5, 0.6) is 0 Å². The Bertz CT molecular complexity index is 737. The number of halogens is 3. The second-order valence-electron chi connectivity index (χ2n) is 5.36. The van der Waals surface area contributed by atoms with Gasteiger partial charge in [-0.1, -0.05) is 11.8 Å². The fraction of sp³-hybridized carbons (Fsp3) is 0.571. The Morgan fingerprint density at radius 2 is 2.07 bits per heavy atom. The number of hydrogen-bond donors (Lipinski definition) is 2. The normalized spacial score (nSPS) is 18.2. The van der Waals surface area contributed by atoms with E-state index in [9.17, 15) is 22.8 Å². The molecule has 1 aliphatic rings. The first-order valence-electron chi connectivity index (χ1n) is 7.76. The van der Waals surface area contributed by atoms with E-state index in [-0.39, 0.29) is 16.9 Å². The second kappa shape index (κ2) is 10.8. The molecule has 1 atom stereocenters. The van der Waals surface area contributed by atoms with Crippen LogP contribution in [0.2, 0.25) is 0 Å². The highest BCUT2D eigenvalue weighted by Gasteiger charge is 2.38. The Kier molecular flexibility index (Phi) is 9.05. The zero-order valence-corrected chi connectivity index (χ0v) is 15.7. The van der Waals surface area contributed by atoms with Gasteiger partial charge < -0.3 is 15.2 Å². The number of aliphatic carboxylic acids is 1. The van der Waals surface area contributed by atoms with Crippen LogP contribution in [0.25, 0.3) is 6.08 Å². The largest absolute Gasteiger partial charge is 0.490 e. The first-order chi connectivity index (χ1) is 13.0. The van der Waals surface area contributed by atoms with E-state index in [1.807, 2.05) is 6.08 Å². The summed E-state index contributed by atoms with van der Waals surface area (Å²) in [5.74, 6) is -2.70. The number of methoxy groups -OCH3 is 1. The summed E-state index contributed by atoms with van der Waals surface area (Å²) in [6.07, 6.45) is -2.38. The van der Waals surface area contributed by atoms with Crippen LogP contribution in [-0.4, -0.2) is 74.0 Å². The molecule has 0 aliphatic carbocycles. The maximum Gasteiger partial charge on any atom is 0.490 e. The van der Waals surface area contributed by atoms with Crippen molar-refractivity contribution in [2.75, 3.05) is 20.2 Å². The summed E-state index contributed by atoms with van der Waals surface area (Å²) in [5.41, 5.74) is 1.04. The van der Waals surface area contributed by atoms with E-state index >= 15 is 0 Å². The Labute approximate surface area is 161 Å². The third-order valence-corrected chi connectivity index (χ3v) is 4.41. The van der Waals surface area contributed by atoms with E-state index in [1.54, 1.807) is 6.92 Å². The molecule has 1 aromatic rings. The first kappa shape index (κ1) is 23.6. The summed E-state index contributed by atoms with van der Waals surface area (Å²) in [7, 11) is 1.31. The minimum absolute atomic E-state index is 0.0411. The van der Waals surface area contributed by atoms with E-state index < -0.39 is 18.1 Å². The molecule has 0 bridgehead atoms. The molecule has 28 heavy (non-hydrogen) atoms. The van der Waals surface area contributed by atoms with Crippen LogP contribution in [0, 0.1) is 0 Å². The molecule has 1 saturated heterocycles. The summed E-state index contributed by atoms with van der Waals surface area (Å²) < 4.78 is 37.7. The lowest BCUT2D eigenvalue weighted by molar-refractivity contribution is -0.192. The Morgan fingerprint density at radius 1 is 1.43 bits per heavy atom. The molecule has 2 N–H and O–H groups in total. The van der Waals surface area contributed by atoms with Gasteiger partial charge in [-0.05, 0) is 35.0 Å². The number of tetrazole rings is 1. The van der Waals surface area contributed by atoms with Crippen molar-refractivity contribution in [3.8, 4) is 0 Å². The summed E-state index contributed by atoms with van der Waals surface area (Å²) in [5, 5.41) is 21.8. The summed E-state index contributed by atoms with van der Waals surface area (Å²) in [4.78, 5) is 31.5. The smallest absolute Gasteiger partial charge is 0.475 e. The molecular weight excluding hydrogens is 407 g/mol. The number of carboxylic acid groups (broad SMARTS) is 1. The lowest BCUT2D eigenvalue weighted by atomic mass is 10.1. The number of thioether (sulfide) groups is 1. The highest BCUT2D eigenvalue weighted by molar-refractivity contribution is 8.14. The topological polar surface area (TPSA) is 136 Å². The molecule has 1 aromatic heterocycles. The molecule has 0 spiro atoms. The predicted molar refractivity (Wildman–Crippen MR) is 91.0 cm³/mol. The van der Waals surface area contributed by atoms with Crippen LogP contribution in [0.3, 0.4) is 0 Å². The van der Waals surface area contributed by atoms with E-state index in [0.717, 1.165) is 18.5 Å². The van der Waals surface area contributed by atoms with Crippen molar-refractivity contribution >= 4 is 34.9 Å². The Morgan fingerprint density at radius 3 is 2.61 bits per heavy atom. The molecular formula is C14H18F3N5O5S. The zero-order valence-electron chi connectivity index (χ0n) is 14.9. The van der Waals surface area contributed by atoms with Gasteiger partial charge in [0.25, 0.3) is 0 Å². The van der Waals surface area contributed by atoms with Crippen LogP contribution in [0.1, 0.15) is 19.2 Å². The molecule has 2 rings (SSSR count). The number of carbonyl (C=O) groups excluding carboxylic acids is 2. The maximum atomic E-state index is 11.3. The number of alkyl halides is 3. The molecule has 1 unspecified atom stereocenters. The summed E-state index contributed by atoms with van der Waals surface area (Å²) >= 11 is 1.31. The highest BCUT2D eigenvalue weighted by atomic mass is 32.2. The fourth-order valence-corrected chi connectivity index (χ4v) is 2.96. The van der Waals surface area contributed by atoms with Crippen molar-refractivity contribution in [2.24, 2.45) is 0 Å². The van der Waals surface area contributed by atoms with E-state index in [1.165, 1.54) is 23.6 Å². The lowest BCUT2D eigenvalue weighted by Crippen LogP contribution is -2.32. The van der Waals surface area contributed by atoms with Crippen LogP contribution in [0.15, 0.2) is 5.57 Å². The third-order valence-electron chi connectivity index (χ3n) is 3.26. The van der Waals surface area contributed by atoms with Crippen molar-refractivity contribution in [2.45, 2.75) is 31.3 Å². The second-order valence-corrected chi connectivity index (χ2v) is 6.74. The lowest BCUT2D eigenvalue weighted by Gasteiger charge is -2.24. The number of rotatable bonds is 4. The summed E-state index contributed by atoms with van der Waals surface area (Å²) in [6, 6.07) is 0. The maximum absolute atomic E-state index is 11.3. The van der Waals surface area contributed by atoms with E-state index in [2.05, 4.69) is 25.6 Å². The van der Waals surface area contributed by atoms with Gasteiger partial charge in [0, 0.05) is 18.7 Å². The number of ether oxygens (including phenoxy) is 1. The molecule has 2 heterocycles. The molecule has 156 valence electrons. The molecule has 1 fully saturated rings. The van der Waals surface area contributed by atoms with Gasteiger partial charge >= 0.3 is 18.1 Å². The average molecular weight is 425 g/mol. The standard InChI is InChI=1S/C12H17N5O3S.C2HF3O2/c1-8(18)21-10-3-4-13-6-9(10)5-11-14-15-16-17(11)7-12(19)20-2;3-2(4,5)1(6)7/h5,10,13H,3-4,6-7H2,1-2H3;(H,6,7)/b9-5+;. The third kappa shape index (κ3) is 8.04. The van der Waals surface area contributed by atoms with Crippen LogP contribution in [0.4, 0.5) is 13.2 Å². The first-order valence-corrected chi connectivity index (χ1v) is 8.64. The van der Waals surface area contributed by atoms with Gasteiger partial charge in [-0.2, -0.15) is 13.2 Å². The number of carbonyl (C=O) groups is 3. The van der Waals surface area contributed by atoms with E-state index in [0.29, 0.717) is 12.4 Å². The van der Waals surface area contributed by atoms with Gasteiger partial charge in [-0.15, -0.1) is 5.10 Å². The van der Waals surface area contributed by atoms with Crippen molar-refractivity contribution in [1.29, 1.82) is 0 Å². The molecule has 0 radical (unpaired) electrons. The van der Waals surface area contributed by atoms with Crippen LogP contribution >= 0.6 is 11.8 Å². The predicted octanol–water partition coefficient (Wildman–Crippen LogP) is 0.504. The number of piperidine rings is 1. The Balaban J connectivity index is 0.000000480. The monoisotopic (exact) mass is 425 g/mol. The zero-order chi connectivity index (χ0) is 21.3. The Hall–Kier alpha value is -2.48. The number of aromatic nitrogens is 4. The van der Waals surface area contributed by atoms with Gasteiger partial charge in [0.1, 0.15) is 6.54 Å². The van der Waals surface area contributed by atoms with Crippen molar-refractivity contribution in [3.05, 3.63) is 11.4 Å². The summed E-state index contributed by atoms with van der Waals surface area (Å²) in [6.45, 7) is 3.07. The number of nitrogens with one attached hydrogen (secondary N) is 1. The van der Waals surface area contributed by atoms with Crippen LogP contribution in [-0.2, 0) is 25.7 Å². The molecule has 1 aliphatic heterocycles. The van der Waals surface area contributed by atoms with Crippen LogP contribution < -0.4 is 5.32 Å². The molecule has 10 nitrogen and oxygen atoms in total. The van der Waals surface area contributed by atoms with Gasteiger partial charge in [-0.25, -0.2) is 9.48 Å². The molecule has 0 aromatic carbocycles. The van der Waals surface area contributed by atoms with Gasteiger partial charge in [0.05, 0.1) is 7.11 Å². The minimum atomic E-state index is -5.08. The molecule has 0 saturated carbocycles. The van der Waals surface area contributed by atoms with Crippen molar-refractivity contribution in [3.63, 3.8) is 0 Å². The van der Waals surface area contributed by atoms with Gasteiger partial charge in [0.15, 0.2) is 10.9 Å². The minimum Gasteiger partial charge on any atom is -0.475 e.